The van der Waals surface area contributed by atoms with Crippen LogP contribution in [0, 0.1) is 0 Å². The lowest BCUT2D eigenvalue weighted by Gasteiger charge is -2.27. The molecule has 0 saturated heterocycles. The first-order valence-electron chi connectivity index (χ1n) is 13.8. The summed E-state index contributed by atoms with van der Waals surface area (Å²) in [7, 11) is 1.83. The van der Waals surface area contributed by atoms with Crippen molar-refractivity contribution in [1.82, 2.24) is 24.6 Å². The fourth-order valence-electron chi connectivity index (χ4n) is 4.63. The fourth-order valence-corrected chi connectivity index (χ4v) is 4.63. The smallest absolute Gasteiger partial charge is 0.387 e. The second-order valence-corrected chi connectivity index (χ2v) is 9.53. The van der Waals surface area contributed by atoms with Gasteiger partial charge in [0.2, 0.25) is 5.91 Å². The van der Waals surface area contributed by atoms with E-state index < -0.39 is 12.5 Å². The number of halogens is 2. The molecule has 0 aliphatic heterocycles. The highest BCUT2D eigenvalue weighted by Crippen LogP contribution is 2.39. The molecule has 4 rings (SSSR count). The normalized spacial score (nSPS) is 11.2. The summed E-state index contributed by atoms with van der Waals surface area (Å²) in [5.74, 6) is -0.181. The van der Waals surface area contributed by atoms with E-state index in [0.717, 1.165) is 48.7 Å². The maximum atomic E-state index is 13.5. The molecule has 0 atom stereocenters. The molecular formula is C30H36F2N8O2. The number of anilines is 4. The zero-order valence-corrected chi connectivity index (χ0v) is 24.3. The summed E-state index contributed by atoms with van der Waals surface area (Å²) in [6.45, 7) is 10.5. The molecule has 0 aliphatic carbocycles. The average molecular weight is 579 g/mol. The van der Waals surface area contributed by atoms with Crippen molar-refractivity contribution in [1.29, 1.82) is 0 Å². The van der Waals surface area contributed by atoms with E-state index in [2.05, 4.69) is 51.0 Å². The third-order valence-electron chi connectivity index (χ3n) is 6.98. The maximum absolute atomic E-state index is 13.5. The molecule has 10 nitrogen and oxygen atoms in total. The van der Waals surface area contributed by atoms with Crippen LogP contribution in [-0.2, 0) is 11.3 Å². The minimum Gasteiger partial charge on any atom is -0.433 e. The molecule has 222 valence electrons. The molecule has 1 amide bonds. The largest absolute Gasteiger partial charge is 0.433 e. The van der Waals surface area contributed by atoms with E-state index in [1.807, 2.05) is 41.8 Å². The van der Waals surface area contributed by atoms with Crippen molar-refractivity contribution < 1.29 is 18.3 Å². The highest BCUT2D eigenvalue weighted by atomic mass is 19.3. The molecule has 42 heavy (non-hydrogen) atoms. The number of aromatic nitrogens is 4. The number of aryl methyl sites for hydroxylation is 1. The Morgan fingerprint density at radius 1 is 1.10 bits per heavy atom. The van der Waals surface area contributed by atoms with Gasteiger partial charge < -0.3 is 25.2 Å². The molecule has 2 N–H and O–H groups in total. The molecule has 0 bridgehead atoms. The molecule has 2 aromatic carbocycles. The molecule has 0 saturated carbocycles. The molecule has 12 heteroatoms. The Hall–Kier alpha value is -4.58. The number of carbonyl (C=O) groups excluding carboxylic acids is 1. The molecule has 2 aromatic heterocycles. The first-order valence-corrected chi connectivity index (χ1v) is 13.8. The van der Waals surface area contributed by atoms with Gasteiger partial charge in [0.05, 0.1) is 34.5 Å². The summed E-state index contributed by atoms with van der Waals surface area (Å²) in [4.78, 5) is 25.1. The van der Waals surface area contributed by atoms with E-state index in [9.17, 15) is 13.6 Å². The fraction of sp³-hybridized carbons (Fsp3) is 0.333. The summed E-state index contributed by atoms with van der Waals surface area (Å²) in [6, 6.07) is 10.7. The number of likely N-dealkylation sites (N-methyl/N-ethyl adjacent to an activating group) is 2. The number of nitrogens with zero attached hydrogens (tertiary/aromatic N) is 6. The number of carbonyl (C=O) groups is 1. The number of amides is 1. The standard InChI is InChI=1S/C30H36F2N8O2/c1-6-29(41)37-23-15-24(27(42-30(31)32)17-26(23)38(5)12-13-39(7-2)8-3)36-28-16-22(33-19-34-28)20-10-11-25-21(14-20)18-35-40(25)9-4/h6,10-11,14-19,30H,1,7-9,12-13H2,2-5H3,(H,37,41)(H,33,34,36). The third-order valence-corrected chi connectivity index (χ3v) is 6.98. The van der Waals surface area contributed by atoms with E-state index >= 15 is 0 Å². The number of benzene rings is 2. The van der Waals surface area contributed by atoms with Crippen LogP contribution in [0.1, 0.15) is 20.8 Å². The van der Waals surface area contributed by atoms with Crippen molar-refractivity contribution in [2.75, 3.05) is 48.8 Å². The SMILES string of the molecule is C=CC(=O)Nc1cc(Nc2cc(-c3ccc4c(cnn4CC)c3)ncn2)c(OC(F)F)cc1N(C)CCN(CC)CC. The van der Waals surface area contributed by atoms with Crippen LogP contribution in [0.2, 0.25) is 0 Å². The number of fused-ring (bicyclic) bond motifs is 1. The van der Waals surface area contributed by atoms with Crippen LogP contribution in [0.25, 0.3) is 22.2 Å². The molecule has 2 heterocycles. The number of ether oxygens (including phenoxy) is 1. The Labute approximate surface area is 244 Å². The van der Waals surface area contributed by atoms with Gasteiger partial charge in [-0.25, -0.2) is 9.97 Å². The average Bonchev–Trinajstić information content (AvgIpc) is 3.41. The van der Waals surface area contributed by atoms with Crippen LogP contribution in [0.5, 0.6) is 5.75 Å². The molecule has 0 unspecified atom stereocenters. The summed E-state index contributed by atoms with van der Waals surface area (Å²) >= 11 is 0. The first kappa shape index (κ1) is 30.4. The molecule has 0 radical (unpaired) electrons. The molecule has 0 fully saturated rings. The number of rotatable bonds is 14. The van der Waals surface area contributed by atoms with Crippen LogP contribution < -0.4 is 20.3 Å². The predicted octanol–water partition coefficient (Wildman–Crippen LogP) is 5.76. The van der Waals surface area contributed by atoms with Gasteiger partial charge in [0.1, 0.15) is 12.1 Å². The Morgan fingerprint density at radius 3 is 2.57 bits per heavy atom. The topological polar surface area (TPSA) is 100 Å². The lowest BCUT2D eigenvalue weighted by molar-refractivity contribution is -0.111. The number of hydrogen-bond acceptors (Lipinski definition) is 8. The Morgan fingerprint density at radius 2 is 1.88 bits per heavy atom. The Bertz CT molecular complexity index is 1540. The van der Waals surface area contributed by atoms with Crippen molar-refractivity contribution in [2.45, 2.75) is 33.9 Å². The first-order chi connectivity index (χ1) is 20.3. The van der Waals surface area contributed by atoms with Crippen molar-refractivity contribution in [2.24, 2.45) is 0 Å². The molecule has 0 spiro atoms. The third kappa shape index (κ3) is 7.19. The van der Waals surface area contributed by atoms with Gasteiger partial charge in [-0.2, -0.15) is 13.9 Å². The van der Waals surface area contributed by atoms with Crippen molar-refractivity contribution >= 4 is 39.7 Å². The van der Waals surface area contributed by atoms with Crippen molar-refractivity contribution in [3.05, 3.63) is 61.6 Å². The summed E-state index contributed by atoms with van der Waals surface area (Å²) in [6.07, 6.45) is 4.34. The second kappa shape index (κ2) is 13.9. The van der Waals surface area contributed by atoms with Gasteiger partial charge in [-0.15, -0.1) is 0 Å². The van der Waals surface area contributed by atoms with E-state index in [4.69, 9.17) is 4.74 Å². The van der Waals surface area contributed by atoms with Gasteiger partial charge in [0, 0.05) is 49.8 Å². The zero-order chi connectivity index (χ0) is 30.2. The predicted molar refractivity (Wildman–Crippen MR) is 163 cm³/mol. The molecular weight excluding hydrogens is 542 g/mol. The lowest BCUT2D eigenvalue weighted by atomic mass is 10.1. The molecule has 4 aromatic rings. The lowest BCUT2D eigenvalue weighted by Crippen LogP contribution is -2.33. The van der Waals surface area contributed by atoms with E-state index in [1.165, 1.54) is 12.4 Å². The van der Waals surface area contributed by atoms with E-state index in [1.54, 1.807) is 18.3 Å². The highest BCUT2D eigenvalue weighted by Gasteiger charge is 2.19. The van der Waals surface area contributed by atoms with Crippen LogP contribution in [0.3, 0.4) is 0 Å². The van der Waals surface area contributed by atoms with E-state index in [0.29, 0.717) is 29.4 Å². The van der Waals surface area contributed by atoms with Gasteiger partial charge in [0.25, 0.3) is 0 Å². The summed E-state index contributed by atoms with van der Waals surface area (Å²) in [5.41, 5.74) is 3.60. The maximum Gasteiger partial charge on any atom is 0.387 e. The summed E-state index contributed by atoms with van der Waals surface area (Å²) in [5, 5.41) is 11.2. The number of alkyl halides is 2. The monoisotopic (exact) mass is 578 g/mol. The van der Waals surface area contributed by atoms with Crippen LogP contribution in [0.4, 0.5) is 31.7 Å². The second-order valence-electron chi connectivity index (χ2n) is 9.53. The van der Waals surface area contributed by atoms with Gasteiger partial charge >= 0.3 is 6.61 Å². The summed E-state index contributed by atoms with van der Waals surface area (Å²) < 4.78 is 33.9. The van der Waals surface area contributed by atoms with Gasteiger partial charge in [-0.05, 0) is 44.3 Å². The van der Waals surface area contributed by atoms with Crippen LogP contribution >= 0.6 is 0 Å². The number of hydrogen-bond donors (Lipinski definition) is 2. The van der Waals surface area contributed by atoms with Crippen molar-refractivity contribution in [3.63, 3.8) is 0 Å². The van der Waals surface area contributed by atoms with E-state index in [-0.39, 0.29) is 11.4 Å². The Balaban J connectivity index is 1.69. The number of nitrogens with one attached hydrogen (secondary N) is 2. The Kier molecular flexibility index (Phi) is 10.0. The minimum atomic E-state index is -3.07. The molecule has 0 aliphatic rings. The minimum absolute atomic E-state index is 0.0974. The highest BCUT2D eigenvalue weighted by molar-refractivity contribution is 6.02. The zero-order valence-electron chi connectivity index (χ0n) is 24.3. The van der Waals surface area contributed by atoms with Crippen LogP contribution in [-0.4, -0.2) is 70.4 Å². The van der Waals surface area contributed by atoms with Gasteiger partial charge in [0.15, 0.2) is 5.75 Å². The van der Waals surface area contributed by atoms with Gasteiger partial charge in [-0.1, -0.05) is 26.5 Å². The van der Waals surface area contributed by atoms with Gasteiger partial charge in [-0.3, -0.25) is 9.48 Å². The quantitative estimate of drug-likeness (QED) is 0.182. The van der Waals surface area contributed by atoms with Crippen molar-refractivity contribution in [3.8, 4) is 17.0 Å². The van der Waals surface area contributed by atoms with Crippen LogP contribution in [0.15, 0.2) is 61.6 Å².